The Morgan fingerprint density at radius 3 is 2.70 bits per heavy atom. The van der Waals surface area contributed by atoms with E-state index in [4.69, 9.17) is 5.73 Å². The molecule has 0 bridgehead atoms. The Bertz CT molecular complexity index is 652. The summed E-state index contributed by atoms with van der Waals surface area (Å²) in [6.45, 7) is 2.55. The number of nitrogens with zero attached hydrogens (tertiary/aromatic N) is 2. The molecule has 0 saturated carbocycles. The van der Waals surface area contributed by atoms with Crippen LogP contribution in [0.4, 0.5) is 0 Å². The Kier molecular flexibility index (Phi) is 5.91. The molecule has 0 aliphatic rings. The summed E-state index contributed by atoms with van der Waals surface area (Å²) in [5.41, 5.74) is 6.36. The van der Waals surface area contributed by atoms with Crippen molar-refractivity contribution >= 4 is 11.8 Å². The second-order valence-corrected chi connectivity index (χ2v) is 5.35. The third-order valence-corrected chi connectivity index (χ3v) is 3.66. The standard InChI is InChI=1S/C17H22N4O2/c1-2-15-19-9-11-21(15)10-8-16(22)20-14(17(18)23)12-13-6-4-3-5-7-13/h3-7,9,11,14H,2,8,10,12H2,1H3,(H2,18,23)(H,20,22)/t14-/m0/s1. The van der Waals surface area contributed by atoms with Crippen LogP contribution >= 0.6 is 0 Å². The lowest BCUT2D eigenvalue weighted by atomic mass is 10.1. The van der Waals surface area contributed by atoms with Gasteiger partial charge in [0.25, 0.3) is 0 Å². The molecule has 1 aromatic carbocycles. The summed E-state index contributed by atoms with van der Waals surface area (Å²) in [4.78, 5) is 27.9. The highest BCUT2D eigenvalue weighted by Crippen LogP contribution is 2.04. The van der Waals surface area contributed by atoms with Gasteiger partial charge in [-0.25, -0.2) is 4.98 Å². The van der Waals surface area contributed by atoms with Crippen LogP contribution in [0.3, 0.4) is 0 Å². The minimum absolute atomic E-state index is 0.194. The van der Waals surface area contributed by atoms with E-state index in [-0.39, 0.29) is 12.3 Å². The number of carbonyl (C=O) groups excluding carboxylic acids is 2. The van der Waals surface area contributed by atoms with Crippen LogP contribution in [-0.2, 0) is 29.0 Å². The lowest BCUT2D eigenvalue weighted by Gasteiger charge is -2.16. The van der Waals surface area contributed by atoms with Crippen molar-refractivity contribution in [2.45, 2.75) is 38.8 Å². The van der Waals surface area contributed by atoms with Crippen molar-refractivity contribution in [1.29, 1.82) is 0 Å². The van der Waals surface area contributed by atoms with Crippen LogP contribution in [-0.4, -0.2) is 27.4 Å². The average Bonchev–Trinajstić information content (AvgIpc) is 3.00. The molecular formula is C17H22N4O2. The van der Waals surface area contributed by atoms with Crippen LogP contribution in [0.25, 0.3) is 0 Å². The van der Waals surface area contributed by atoms with E-state index in [1.54, 1.807) is 6.20 Å². The first kappa shape index (κ1) is 16.7. The van der Waals surface area contributed by atoms with E-state index in [2.05, 4.69) is 10.3 Å². The Morgan fingerprint density at radius 2 is 2.04 bits per heavy atom. The number of nitrogens with two attached hydrogens (primary N) is 1. The fraction of sp³-hybridized carbons (Fsp3) is 0.353. The predicted octanol–water partition coefficient (Wildman–Crippen LogP) is 1.05. The van der Waals surface area contributed by atoms with E-state index in [1.807, 2.05) is 48.0 Å². The van der Waals surface area contributed by atoms with Crippen LogP contribution in [0.15, 0.2) is 42.7 Å². The Labute approximate surface area is 135 Å². The van der Waals surface area contributed by atoms with Crippen molar-refractivity contribution in [3.63, 3.8) is 0 Å². The fourth-order valence-electron chi connectivity index (χ4n) is 2.42. The first-order valence-electron chi connectivity index (χ1n) is 7.72. The maximum Gasteiger partial charge on any atom is 0.240 e. The second kappa shape index (κ2) is 8.12. The molecule has 6 nitrogen and oxygen atoms in total. The molecule has 2 rings (SSSR count). The van der Waals surface area contributed by atoms with Crippen LogP contribution in [0.2, 0.25) is 0 Å². The highest BCUT2D eigenvalue weighted by atomic mass is 16.2. The lowest BCUT2D eigenvalue weighted by molar-refractivity contribution is -0.127. The summed E-state index contributed by atoms with van der Waals surface area (Å²) < 4.78 is 1.94. The van der Waals surface area contributed by atoms with E-state index >= 15 is 0 Å². The first-order valence-corrected chi connectivity index (χ1v) is 7.72. The number of aryl methyl sites for hydroxylation is 2. The minimum atomic E-state index is -0.696. The number of hydrogen-bond acceptors (Lipinski definition) is 3. The summed E-state index contributed by atoms with van der Waals surface area (Å²) in [7, 11) is 0. The number of primary amides is 1. The van der Waals surface area contributed by atoms with E-state index in [1.165, 1.54) is 0 Å². The number of hydrogen-bond donors (Lipinski definition) is 2. The molecule has 0 aliphatic heterocycles. The number of benzene rings is 1. The summed E-state index contributed by atoms with van der Waals surface area (Å²) in [5, 5.41) is 2.72. The van der Waals surface area contributed by atoms with Crippen LogP contribution in [0, 0.1) is 0 Å². The van der Waals surface area contributed by atoms with Gasteiger partial charge in [0.15, 0.2) is 0 Å². The maximum absolute atomic E-state index is 12.1. The van der Waals surface area contributed by atoms with Crippen molar-refractivity contribution in [2.75, 3.05) is 0 Å². The van der Waals surface area contributed by atoms with E-state index in [0.29, 0.717) is 13.0 Å². The lowest BCUT2D eigenvalue weighted by Crippen LogP contribution is -2.46. The second-order valence-electron chi connectivity index (χ2n) is 5.35. The van der Waals surface area contributed by atoms with Gasteiger partial charge in [0.2, 0.25) is 11.8 Å². The van der Waals surface area contributed by atoms with Crippen molar-refractivity contribution in [3.05, 3.63) is 54.1 Å². The molecule has 3 N–H and O–H groups in total. The summed E-state index contributed by atoms with van der Waals surface area (Å²) >= 11 is 0. The molecule has 6 heteroatoms. The third-order valence-electron chi connectivity index (χ3n) is 3.66. The quantitative estimate of drug-likeness (QED) is 0.763. The molecule has 2 aromatic rings. The molecular weight excluding hydrogens is 292 g/mol. The van der Waals surface area contributed by atoms with Crippen LogP contribution in [0.1, 0.15) is 24.7 Å². The van der Waals surface area contributed by atoms with Gasteiger partial charge in [0, 0.05) is 38.2 Å². The normalized spacial score (nSPS) is 11.9. The molecule has 0 spiro atoms. The SMILES string of the molecule is CCc1nccn1CCC(=O)N[C@@H](Cc1ccccc1)C(N)=O. The largest absolute Gasteiger partial charge is 0.368 e. The minimum Gasteiger partial charge on any atom is -0.368 e. The Morgan fingerprint density at radius 1 is 1.30 bits per heavy atom. The van der Waals surface area contributed by atoms with E-state index < -0.39 is 11.9 Å². The predicted molar refractivity (Wildman–Crippen MR) is 87.5 cm³/mol. The summed E-state index contributed by atoms with van der Waals surface area (Å²) in [6, 6.07) is 8.79. The molecule has 122 valence electrons. The van der Waals surface area contributed by atoms with E-state index in [9.17, 15) is 9.59 Å². The van der Waals surface area contributed by atoms with Crippen molar-refractivity contribution in [1.82, 2.24) is 14.9 Å². The van der Waals surface area contributed by atoms with Gasteiger partial charge in [-0.2, -0.15) is 0 Å². The highest BCUT2D eigenvalue weighted by molar-refractivity contribution is 5.86. The molecule has 0 unspecified atom stereocenters. The number of rotatable bonds is 8. The summed E-state index contributed by atoms with van der Waals surface area (Å²) in [6.07, 6.45) is 5.06. The average molecular weight is 314 g/mol. The smallest absolute Gasteiger partial charge is 0.240 e. The van der Waals surface area contributed by atoms with Gasteiger partial charge in [-0.15, -0.1) is 0 Å². The Hall–Kier alpha value is -2.63. The van der Waals surface area contributed by atoms with Crippen molar-refractivity contribution in [2.24, 2.45) is 5.73 Å². The molecule has 1 atom stereocenters. The van der Waals surface area contributed by atoms with Crippen LogP contribution in [0.5, 0.6) is 0 Å². The number of imidazole rings is 1. The zero-order valence-corrected chi connectivity index (χ0v) is 13.2. The molecule has 0 saturated heterocycles. The Balaban J connectivity index is 1.89. The van der Waals surface area contributed by atoms with Gasteiger partial charge >= 0.3 is 0 Å². The number of nitrogens with one attached hydrogen (secondary N) is 1. The van der Waals surface area contributed by atoms with Gasteiger partial charge in [-0.3, -0.25) is 9.59 Å². The van der Waals surface area contributed by atoms with Gasteiger partial charge in [0.05, 0.1) is 0 Å². The first-order chi connectivity index (χ1) is 11.1. The van der Waals surface area contributed by atoms with Gasteiger partial charge < -0.3 is 15.6 Å². The molecule has 1 aromatic heterocycles. The molecule has 2 amide bonds. The summed E-state index contributed by atoms with van der Waals surface area (Å²) in [5.74, 6) is 0.216. The zero-order chi connectivity index (χ0) is 16.7. The van der Waals surface area contributed by atoms with E-state index in [0.717, 1.165) is 17.8 Å². The molecule has 0 aliphatic carbocycles. The molecule has 0 radical (unpaired) electrons. The van der Waals surface area contributed by atoms with Gasteiger partial charge in [-0.1, -0.05) is 37.3 Å². The zero-order valence-electron chi connectivity index (χ0n) is 13.2. The number of carbonyl (C=O) groups is 2. The monoisotopic (exact) mass is 314 g/mol. The highest BCUT2D eigenvalue weighted by Gasteiger charge is 2.18. The number of amides is 2. The maximum atomic E-state index is 12.1. The van der Waals surface area contributed by atoms with Crippen molar-refractivity contribution in [3.8, 4) is 0 Å². The van der Waals surface area contributed by atoms with Crippen molar-refractivity contribution < 1.29 is 9.59 Å². The van der Waals surface area contributed by atoms with Crippen LogP contribution < -0.4 is 11.1 Å². The third kappa shape index (κ3) is 4.95. The molecule has 0 fully saturated rings. The topological polar surface area (TPSA) is 90.0 Å². The van der Waals surface area contributed by atoms with Gasteiger partial charge in [-0.05, 0) is 5.56 Å². The number of aromatic nitrogens is 2. The molecule has 23 heavy (non-hydrogen) atoms. The van der Waals surface area contributed by atoms with Gasteiger partial charge in [0.1, 0.15) is 11.9 Å². The molecule has 1 heterocycles. The fourth-order valence-corrected chi connectivity index (χ4v) is 2.42.